The summed E-state index contributed by atoms with van der Waals surface area (Å²) in [5.41, 5.74) is 4.77. The molecular formula is C11H11Cl2N3S. The molecule has 0 amide bonds. The van der Waals surface area contributed by atoms with Crippen LogP contribution in [0.4, 0.5) is 0 Å². The molecule has 2 aromatic rings. The fraction of sp³-hybridized carbons (Fsp3) is 0.182. The second-order valence-electron chi connectivity index (χ2n) is 3.56. The van der Waals surface area contributed by atoms with Crippen LogP contribution in [0, 0.1) is 0 Å². The quantitative estimate of drug-likeness (QED) is 0.671. The summed E-state index contributed by atoms with van der Waals surface area (Å²) in [6.45, 7) is 0. The van der Waals surface area contributed by atoms with Gasteiger partial charge in [-0.2, -0.15) is 0 Å². The maximum Gasteiger partial charge on any atom is 0.0992 e. The van der Waals surface area contributed by atoms with Crippen molar-refractivity contribution in [3.8, 4) is 0 Å². The lowest BCUT2D eigenvalue weighted by atomic mass is 10.0. The Bertz CT molecular complexity index is 487. The van der Waals surface area contributed by atoms with Gasteiger partial charge in [-0.05, 0) is 24.1 Å². The number of nitrogens with zero attached hydrogens (tertiary/aromatic N) is 1. The first-order chi connectivity index (χ1) is 8.20. The van der Waals surface area contributed by atoms with E-state index >= 15 is 0 Å². The summed E-state index contributed by atoms with van der Waals surface area (Å²) in [5, 5.41) is 0. The Labute approximate surface area is 114 Å². The van der Waals surface area contributed by atoms with Crippen LogP contribution in [0.1, 0.15) is 17.2 Å². The molecule has 0 aliphatic carbocycles. The van der Waals surface area contributed by atoms with E-state index in [1.54, 1.807) is 6.20 Å². The predicted octanol–water partition coefficient (Wildman–Crippen LogP) is 3.20. The molecule has 3 N–H and O–H groups in total. The highest BCUT2D eigenvalue weighted by atomic mass is 35.5. The molecule has 1 unspecified atom stereocenters. The lowest BCUT2D eigenvalue weighted by Crippen LogP contribution is -2.29. The van der Waals surface area contributed by atoms with Gasteiger partial charge in [0, 0.05) is 18.0 Å². The van der Waals surface area contributed by atoms with Gasteiger partial charge in [-0.1, -0.05) is 29.3 Å². The molecule has 0 spiro atoms. The fourth-order valence-electron chi connectivity index (χ4n) is 1.60. The minimum atomic E-state index is -0.0598. The highest BCUT2D eigenvalue weighted by molar-refractivity contribution is 7.20. The molecule has 2 heterocycles. The van der Waals surface area contributed by atoms with E-state index in [0.717, 1.165) is 17.5 Å². The first-order valence-corrected chi connectivity index (χ1v) is 6.57. The zero-order valence-electron chi connectivity index (χ0n) is 8.86. The highest BCUT2D eigenvalue weighted by Gasteiger charge is 2.16. The zero-order chi connectivity index (χ0) is 12.3. The Morgan fingerprint density at radius 3 is 2.82 bits per heavy atom. The molecule has 1 atom stereocenters. The van der Waals surface area contributed by atoms with Gasteiger partial charge in [0.2, 0.25) is 0 Å². The van der Waals surface area contributed by atoms with E-state index in [1.165, 1.54) is 11.3 Å². The number of nitrogens with one attached hydrogen (secondary N) is 1. The predicted molar refractivity (Wildman–Crippen MR) is 72.3 cm³/mol. The molecule has 0 saturated heterocycles. The summed E-state index contributed by atoms with van der Waals surface area (Å²) in [6.07, 6.45) is 4.27. The SMILES string of the molecule is NNC(Cc1cccnc1)c1cc(Cl)sc1Cl. The third-order valence-electron chi connectivity index (χ3n) is 2.42. The second kappa shape index (κ2) is 5.80. The molecule has 0 bridgehead atoms. The monoisotopic (exact) mass is 287 g/mol. The van der Waals surface area contributed by atoms with E-state index in [4.69, 9.17) is 29.0 Å². The van der Waals surface area contributed by atoms with Crippen molar-refractivity contribution in [2.45, 2.75) is 12.5 Å². The first-order valence-electron chi connectivity index (χ1n) is 5.00. The van der Waals surface area contributed by atoms with Crippen molar-refractivity contribution in [2.75, 3.05) is 0 Å². The van der Waals surface area contributed by atoms with Crippen LogP contribution in [0.15, 0.2) is 30.6 Å². The number of hydrazine groups is 1. The lowest BCUT2D eigenvalue weighted by molar-refractivity contribution is 0.553. The topological polar surface area (TPSA) is 50.9 Å². The molecule has 0 aliphatic rings. The first kappa shape index (κ1) is 12.8. The van der Waals surface area contributed by atoms with Crippen LogP contribution in [0.25, 0.3) is 0 Å². The zero-order valence-corrected chi connectivity index (χ0v) is 11.2. The Balaban J connectivity index is 2.20. The summed E-state index contributed by atoms with van der Waals surface area (Å²) in [6, 6.07) is 5.68. The number of halogens is 2. The molecule has 0 radical (unpaired) electrons. The van der Waals surface area contributed by atoms with Crippen molar-refractivity contribution < 1.29 is 0 Å². The van der Waals surface area contributed by atoms with Crippen LogP contribution >= 0.6 is 34.5 Å². The Morgan fingerprint density at radius 1 is 1.47 bits per heavy atom. The second-order valence-corrected chi connectivity index (χ2v) is 5.85. The van der Waals surface area contributed by atoms with Crippen molar-refractivity contribution in [3.05, 3.63) is 50.4 Å². The minimum Gasteiger partial charge on any atom is -0.271 e. The average Bonchev–Trinajstić information content (AvgIpc) is 2.67. The van der Waals surface area contributed by atoms with Crippen molar-refractivity contribution in [3.63, 3.8) is 0 Å². The van der Waals surface area contributed by atoms with Gasteiger partial charge in [0.25, 0.3) is 0 Å². The normalized spacial score (nSPS) is 12.6. The van der Waals surface area contributed by atoms with E-state index < -0.39 is 0 Å². The van der Waals surface area contributed by atoms with Crippen LogP contribution < -0.4 is 11.3 Å². The Morgan fingerprint density at radius 2 is 2.29 bits per heavy atom. The summed E-state index contributed by atoms with van der Waals surface area (Å²) in [7, 11) is 0. The van der Waals surface area contributed by atoms with Gasteiger partial charge in [-0.25, -0.2) is 0 Å². The molecule has 90 valence electrons. The maximum atomic E-state index is 6.11. The Hall–Kier alpha value is -0.650. The van der Waals surface area contributed by atoms with Crippen LogP contribution in [0.3, 0.4) is 0 Å². The lowest BCUT2D eigenvalue weighted by Gasteiger charge is -2.15. The molecule has 6 heteroatoms. The van der Waals surface area contributed by atoms with Crippen molar-refractivity contribution in [2.24, 2.45) is 5.84 Å². The van der Waals surface area contributed by atoms with Crippen molar-refractivity contribution >= 4 is 34.5 Å². The smallest absolute Gasteiger partial charge is 0.0992 e. The molecule has 3 nitrogen and oxygen atoms in total. The number of nitrogens with two attached hydrogens (primary N) is 1. The largest absolute Gasteiger partial charge is 0.271 e. The van der Waals surface area contributed by atoms with E-state index in [2.05, 4.69) is 10.4 Å². The minimum absolute atomic E-state index is 0.0598. The van der Waals surface area contributed by atoms with E-state index in [9.17, 15) is 0 Å². The van der Waals surface area contributed by atoms with E-state index in [1.807, 2.05) is 24.4 Å². The number of pyridine rings is 1. The van der Waals surface area contributed by atoms with Gasteiger partial charge in [0.05, 0.1) is 14.7 Å². The Kier molecular flexibility index (Phi) is 4.36. The van der Waals surface area contributed by atoms with Gasteiger partial charge < -0.3 is 0 Å². The van der Waals surface area contributed by atoms with E-state index in [0.29, 0.717) is 8.67 Å². The van der Waals surface area contributed by atoms with E-state index in [-0.39, 0.29) is 6.04 Å². The number of rotatable bonds is 4. The van der Waals surface area contributed by atoms with Crippen LogP contribution in [0.5, 0.6) is 0 Å². The fourth-order valence-corrected chi connectivity index (χ4v) is 3.18. The van der Waals surface area contributed by atoms with Gasteiger partial charge in [0.15, 0.2) is 0 Å². The highest BCUT2D eigenvalue weighted by Crippen LogP contribution is 2.35. The average molecular weight is 288 g/mol. The summed E-state index contributed by atoms with van der Waals surface area (Å²) < 4.78 is 1.33. The van der Waals surface area contributed by atoms with Crippen molar-refractivity contribution in [1.29, 1.82) is 0 Å². The standard InChI is InChI=1S/C11H11Cl2N3S/c12-10-5-8(11(13)17-10)9(16-14)4-7-2-1-3-15-6-7/h1-3,5-6,9,16H,4,14H2. The molecule has 17 heavy (non-hydrogen) atoms. The maximum absolute atomic E-state index is 6.11. The number of thiophene rings is 1. The van der Waals surface area contributed by atoms with Gasteiger partial charge >= 0.3 is 0 Å². The molecule has 0 aliphatic heterocycles. The third kappa shape index (κ3) is 3.18. The van der Waals surface area contributed by atoms with Crippen LogP contribution in [-0.2, 0) is 6.42 Å². The molecule has 0 aromatic carbocycles. The number of hydrogen-bond donors (Lipinski definition) is 2. The third-order valence-corrected chi connectivity index (χ3v) is 3.94. The van der Waals surface area contributed by atoms with Gasteiger partial charge in [-0.15, -0.1) is 11.3 Å². The molecule has 0 saturated carbocycles. The molecule has 2 aromatic heterocycles. The number of hydrogen-bond acceptors (Lipinski definition) is 4. The number of aromatic nitrogens is 1. The molecular weight excluding hydrogens is 277 g/mol. The van der Waals surface area contributed by atoms with Crippen molar-refractivity contribution in [1.82, 2.24) is 10.4 Å². The van der Waals surface area contributed by atoms with Gasteiger partial charge in [0.1, 0.15) is 0 Å². The molecule has 0 fully saturated rings. The molecule has 2 rings (SSSR count). The summed E-state index contributed by atoms with van der Waals surface area (Å²) in [5.74, 6) is 5.56. The summed E-state index contributed by atoms with van der Waals surface area (Å²) >= 11 is 13.4. The van der Waals surface area contributed by atoms with Crippen LogP contribution in [0.2, 0.25) is 8.67 Å². The summed E-state index contributed by atoms with van der Waals surface area (Å²) in [4.78, 5) is 4.07. The van der Waals surface area contributed by atoms with Gasteiger partial charge in [-0.3, -0.25) is 16.3 Å². The van der Waals surface area contributed by atoms with Crippen LogP contribution in [-0.4, -0.2) is 4.98 Å².